The molecule has 0 bridgehead atoms. The van der Waals surface area contributed by atoms with Crippen LogP contribution < -0.4 is 5.43 Å². The molecule has 10 heteroatoms. The molecule has 1 aromatic heterocycles. The molecule has 2 aromatic rings. The number of nitro groups is 1. The quantitative estimate of drug-likeness (QED) is 0.383. The van der Waals surface area contributed by atoms with Crippen molar-refractivity contribution in [3.63, 3.8) is 0 Å². The third-order valence-electron chi connectivity index (χ3n) is 2.62. The zero-order valence-electron chi connectivity index (χ0n) is 11.2. The van der Waals surface area contributed by atoms with Gasteiger partial charge in [0.1, 0.15) is 20.8 Å². The maximum atomic E-state index is 10.8. The average molecular weight is 324 g/mol. The fourth-order valence-electron chi connectivity index (χ4n) is 1.52. The van der Waals surface area contributed by atoms with Crippen LogP contribution >= 0.6 is 0 Å². The molecule has 0 aliphatic carbocycles. The van der Waals surface area contributed by atoms with Gasteiger partial charge in [0.15, 0.2) is 5.76 Å². The molecule has 0 aliphatic heterocycles. The summed E-state index contributed by atoms with van der Waals surface area (Å²) in [5.74, 6) is -0.174. The van der Waals surface area contributed by atoms with E-state index in [1.165, 1.54) is 24.3 Å². The van der Waals surface area contributed by atoms with Crippen molar-refractivity contribution in [2.45, 2.75) is 11.8 Å². The highest BCUT2D eigenvalue weighted by atomic mass is 32.2. The van der Waals surface area contributed by atoms with Crippen LogP contribution in [0.1, 0.15) is 12.7 Å². The summed E-state index contributed by atoms with van der Waals surface area (Å²) < 4.78 is 37.3. The first-order valence-electron chi connectivity index (χ1n) is 5.88. The third-order valence-corrected chi connectivity index (χ3v) is 3.47. The normalized spacial score (nSPS) is 12.2. The second kappa shape index (κ2) is 5.95. The maximum absolute atomic E-state index is 10.8. The van der Waals surface area contributed by atoms with Crippen LogP contribution in [0.3, 0.4) is 0 Å². The second-order valence-corrected chi connectivity index (χ2v) is 5.56. The van der Waals surface area contributed by atoms with Crippen LogP contribution in [0.4, 0.5) is 11.6 Å². The van der Waals surface area contributed by atoms with E-state index < -0.39 is 20.9 Å². The van der Waals surface area contributed by atoms with Crippen LogP contribution in [0.15, 0.2) is 50.8 Å². The number of furan rings is 1. The van der Waals surface area contributed by atoms with Crippen molar-refractivity contribution in [2.75, 3.05) is 5.43 Å². The summed E-state index contributed by atoms with van der Waals surface area (Å²) in [4.78, 5) is 9.50. The van der Waals surface area contributed by atoms with Gasteiger partial charge in [-0.1, -0.05) is 0 Å². The molecule has 0 unspecified atom stereocenters. The van der Waals surface area contributed by atoms with Gasteiger partial charge in [-0.2, -0.15) is 5.10 Å². The monoisotopic (exact) mass is 324 g/mol. The third kappa shape index (κ3) is 3.68. The minimum Gasteiger partial charge on any atom is -0.744 e. The molecular weight excluding hydrogens is 314 g/mol. The zero-order chi connectivity index (χ0) is 16.3. The lowest BCUT2D eigenvalue weighted by molar-refractivity contribution is -0.402. The SMILES string of the molecule is C/C(=N\Nc1ccc(S(=O)(=O)[O-])cc1)c1ccc([N+](=O)[O-])o1. The molecule has 1 heterocycles. The van der Waals surface area contributed by atoms with Crippen molar-refractivity contribution in [3.8, 4) is 0 Å². The Bertz CT molecular complexity index is 823. The number of rotatable bonds is 5. The summed E-state index contributed by atoms with van der Waals surface area (Å²) in [6.07, 6.45) is 0. The van der Waals surface area contributed by atoms with Crippen molar-refractivity contribution in [2.24, 2.45) is 5.10 Å². The predicted molar refractivity (Wildman–Crippen MR) is 75.6 cm³/mol. The summed E-state index contributed by atoms with van der Waals surface area (Å²) in [6, 6.07) is 7.65. The van der Waals surface area contributed by atoms with Gasteiger partial charge in [0, 0.05) is 0 Å². The van der Waals surface area contributed by atoms with Crippen LogP contribution in [-0.4, -0.2) is 23.6 Å². The number of benzene rings is 1. The Kier molecular flexibility index (Phi) is 4.24. The van der Waals surface area contributed by atoms with E-state index in [0.29, 0.717) is 11.4 Å². The van der Waals surface area contributed by atoms with Crippen molar-refractivity contribution in [1.29, 1.82) is 0 Å². The summed E-state index contributed by atoms with van der Waals surface area (Å²) in [7, 11) is -4.49. The van der Waals surface area contributed by atoms with E-state index in [-0.39, 0.29) is 10.7 Å². The summed E-state index contributed by atoms with van der Waals surface area (Å²) in [5, 5.41) is 14.5. The molecule has 1 aromatic carbocycles. The average Bonchev–Trinajstić information content (AvgIpc) is 2.94. The highest BCUT2D eigenvalue weighted by Gasteiger charge is 2.13. The highest BCUT2D eigenvalue weighted by molar-refractivity contribution is 7.85. The number of hydrogen-bond acceptors (Lipinski definition) is 8. The highest BCUT2D eigenvalue weighted by Crippen LogP contribution is 2.17. The van der Waals surface area contributed by atoms with E-state index >= 15 is 0 Å². The zero-order valence-corrected chi connectivity index (χ0v) is 12.0. The van der Waals surface area contributed by atoms with Gasteiger partial charge in [-0.05, 0) is 37.3 Å². The first-order valence-corrected chi connectivity index (χ1v) is 7.29. The second-order valence-electron chi connectivity index (χ2n) is 4.18. The standard InChI is InChI=1S/C12H11N3O6S/c1-8(11-6-7-12(21-11)15(16)17)13-14-9-2-4-10(5-3-9)22(18,19)20/h2-7,14H,1H3,(H,18,19,20)/p-1/b13-8+. The molecular formula is C12H10N3O6S-. The lowest BCUT2D eigenvalue weighted by atomic mass is 10.3. The Morgan fingerprint density at radius 1 is 1.23 bits per heavy atom. The Labute approximate surface area is 125 Å². The molecule has 0 saturated carbocycles. The molecule has 9 nitrogen and oxygen atoms in total. The van der Waals surface area contributed by atoms with E-state index in [1.807, 2.05) is 0 Å². The van der Waals surface area contributed by atoms with Gasteiger partial charge in [-0.3, -0.25) is 15.5 Å². The number of hydrogen-bond donors (Lipinski definition) is 1. The minimum absolute atomic E-state index is 0.220. The molecule has 0 spiro atoms. The predicted octanol–water partition coefficient (Wildman–Crippen LogP) is 1.93. The van der Waals surface area contributed by atoms with E-state index in [4.69, 9.17) is 4.42 Å². The van der Waals surface area contributed by atoms with Gasteiger partial charge in [-0.15, -0.1) is 0 Å². The molecule has 0 radical (unpaired) electrons. The van der Waals surface area contributed by atoms with Crippen molar-refractivity contribution < 1.29 is 22.3 Å². The van der Waals surface area contributed by atoms with E-state index in [1.54, 1.807) is 6.92 Å². The van der Waals surface area contributed by atoms with Gasteiger partial charge >= 0.3 is 5.88 Å². The number of hydrazone groups is 1. The Morgan fingerprint density at radius 3 is 2.36 bits per heavy atom. The molecule has 0 aliphatic rings. The first-order chi connectivity index (χ1) is 10.3. The molecule has 2 rings (SSSR count). The van der Waals surface area contributed by atoms with E-state index in [0.717, 1.165) is 12.1 Å². The molecule has 0 atom stereocenters. The number of anilines is 1. The summed E-state index contributed by atoms with van der Waals surface area (Å²) >= 11 is 0. The molecule has 22 heavy (non-hydrogen) atoms. The van der Waals surface area contributed by atoms with Gasteiger partial charge in [0.2, 0.25) is 0 Å². The largest absolute Gasteiger partial charge is 0.744 e. The fraction of sp³-hybridized carbons (Fsp3) is 0.0833. The number of nitrogens with one attached hydrogen (secondary N) is 1. The lowest BCUT2D eigenvalue weighted by Gasteiger charge is -2.07. The van der Waals surface area contributed by atoms with Gasteiger partial charge < -0.3 is 8.97 Å². The first kappa shape index (κ1) is 15.7. The Hall–Kier alpha value is -2.72. The van der Waals surface area contributed by atoms with Crippen molar-refractivity contribution >= 4 is 27.4 Å². The maximum Gasteiger partial charge on any atom is 0.433 e. The lowest BCUT2D eigenvalue weighted by Crippen LogP contribution is -2.00. The number of nitrogens with zero attached hydrogens (tertiary/aromatic N) is 2. The van der Waals surface area contributed by atoms with Crippen LogP contribution in [0.5, 0.6) is 0 Å². The van der Waals surface area contributed by atoms with Gasteiger partial charge in [0.05, 0.1) is 16.6 Å². The summed E-state index contributed by atoms with van der Waals surface area (Å²) in [5.41, 5.74) is 3.41. The fourth-order valence-corrected chi connectivity index (χ4v) is 1.99. The van der Waals surface area contributed by atoms with Crippen molar-refractivity contribution in [1.82, 2.24) is 0 Å². The van der Waals surface area contributed by atoms with Crippen LogP contribution in [0.2, 0.25) is 0 Å². The topological polar surface area (TPSA) is 138 Å². The smallest absolute Gasteiger partial charge is 0.433 e. The molecule has 0 saturated heterocycles. The molecule has 116 valence electrons. The minimum atomic E-state index is -4.49. The van der Waals surface area contributed by atoms with Crippen molar-refractivity contribution in [3.05, 3.63) is 52.3 Å². The van der Waals surface area contributed by atoms with Crippen LogP contribution in [0.25, 0.3) is 0 Å². The Morgan fingerprint density at radius 2 is 1.86 bits per heavy atom. The van der Waals surface area contributed by atoms with E-state index in [9.17, 15) is 23.1 Å². The van der Waals surface area contributed by atoms with Gasteiger partial charge in [-0.25, -0.2) is 8.42 Å². The van der Waals surface area contributed by atoms with E-state index in [2.05, 4.69) is 10.5 Å². The Balaban J connectivity index is 2.11. The van der Waals surface area contributed by atoms with Crippen LogP contribution in [-0.2, 0) is 10.1 Å². The summed E-state index contributed by atoms with van der Waals surface area (Å²) in [6.45, 7) is 1.58. The molecule has 0 fully saturated rings. The van der Waals surface area contributed by atoms with Gasteiger partial charge in [0.25, 0.3) is 0 Å². The molecule has 1 N–H and O–H groups in total. The van der Waals surface area contributed by atoms with Crippen LogP contribution in [0, 0.1) is 10.1 Å². The molecule has 0 amide bonds.